The van der Waals surface area contributed by atoms with Crippen molar-refractivity contribution in [2.45, 2.75) is 39.8 Å². The zero-order chi connectivity index (χ0) is 24.3. The van der Waals surface area contributed by atoms with Crippen molar-refractivity contribution in [2.75, 3.05) is 26.2 Å². The Morgan fingerprint density at radius 3 is 2.53 bits per heavy atom. The van der Waals surface area contributed by atoms with Gasteiger partial charge in [0.15, 0.2) is 12.4 Å². The quantitative estimate of drug-likeness (QED) is 0.523. The molecule has 2 aromatic heterocycles. The monoisotopic (exact) mass is 476 g/mol. The number of hydrogen-bond donors (Lipinski definition) is 0. The number of nitrogens with zero attached hydrogens (tertiary/aromatic N) is 6. The highest BCUT2D eigenvalue weighted by Crippen LogP contribution is 2.31. The summed E-state index contributed by atoms with van der Waals surface area (Å²) < 4.78 is 47.3. The van der Waals surface area contributed by atoms with E-state index in [1.54, 1.807) is 17.2 Å². The SMILES string of the molecule is CCn1cc(CN2CCN(C(=O)c3ccn(COc4cccc(C(F)(F)F)c4)n3)CC2)c(C)n1. The number of ether oxygens (including phenoxy) is 1. The summed E-state index contributed by atoms with van der Waals surface area (Å²) in [7, 11) is 0. The van der Waals surface area contributed by atoms with Gasteiger partial charge in [-0.1, -0.05) is 6.07 Å². The van der Waals surface area contributed by atoms with Crippen molar-refractivity contribution in [1.82, 2.24) is 29.4 Å². The third kappa shape index (κ3) is 5.58. The topological polar surface area (TPSA) is 68.4 Å². The van der Waals surface area contributed by atoms with Gasteiger partial charge < -0.3 is 9.64 Å². The largest absolute Gasteiger partial charge is 0.471 e. The summed E-state index contributed by atoms with van der Waals surface area (Å²) in [6.45, 7) is 8.28. The number of piperazine rings is 1. The molecule has 0 aliphatic carbocycles. The lowest BCUT2D eigenvalue weighted by atomic mass is 10.2. The second kappa shape index (κ2) is 9.88. The molecule has 0 spiro atoms. The average Bonchev–Trinajstić information content (AvgIpc) is 3.44. The Hall–Kier alpha value is -3.34. The van der Waals surface area contributed by atoms with Gasteiger partial charge in [-0.15, -0.1) is 0 Å². The molecular formula is C23H27F3N6O2. The van der Waals surface area contributed by atoms with Crippen LogP contribution in [0.15, 0.2) is 42.7 Å². The van der Waals surface area contributed by atoms with Gasteiger partial charge in [0.05, 0.1) is 11.3 Å². The molecule has 0 atom stereocenters. The number of amides is 1. The number of hydrogen-bond acceptors (Lipinski definition) is 5. The van der Waals surface area contributed by atoms with Crippen molar-refractivity contribution >= 4 is 5.91 Å². The van der Waals surface area contributed by atoms with Gasteiger partial charge in [-0.25, -0.2) is 4.68 Å². The van der Waals surface area contributed by atoms with Gasteiger partial charge in [0, 0.05) is 57.2 Å². The third-order valence-electron chi connectivity index (χ3n) is 5.81. The highest BCUT2D eigenvalue weighted by molar-refractivity contribution is 5.92. The molecule has 0 N–H and O–H groups in total. The van der Waals surface area contributed by atoms with Gasteiger partial charge in [-0.3, -0.25) is 14.4 Å². The van der Waals surface area contributed by atoms with Crippen LogP contribution in [0.1, 0.15) is 34.2 Å². The molecule has 0 unspecified atom stereocenters. The number of alkyl halides is 3. The predicted molar refractivity (Wildman–Crippen MR) is 118 cm³/mol. The number of rotatable bonds is 7. The standard InChI is InChI=1S/C23H27F3N6O2/c1-3-31-15-18(17(2)27-31)14-29-9-11-30(12-10-29)22(33)21-7-8-32(28-21)16-34-20-6-4-5-19(13-20)23(24,25)26/h4-8,13,15H,3,9-12,14,16H2,1-2H3. The van der Waals surface area contributed by atoms with Crippen molar-refractivity contribution in [2.24, 2.45) is 0 Å². The molecule has 182 valence electrons. The van der Waals surface area contributed by atoms with Crippen LogP contribution in [0.25, 0.3) is 0 Å². The summed E-state index contributed by atoms with van der Waals surface area (Å²) >= 11 is 0. The molecule has 0 saturated carbocycles. The lowest BCUT2D eigenvalue weighted by molar-refractivity contribution is -0.137. The number of aromatic nitrogens is 4. The van der Waals surface area contributed by atoms with E-state index in [2.05, 4.69) is 28.2 Å². The summed E-state index contributed by atoms with van der Waals surface area (Å²) in [5.41, 5.74) is 1.72. The number of aryl methyl sites for hydroxylation is 2. The number of carbonyl (C=O) groups is 1. The van der Waals surface area contributed by atoms with Crippen LogP contribution in [0.4, 0.5) is 13.2 Å². The van der Waals surface area contributed by atoms with Crippen LogP contribution in [0.3, 0.4) is 0 Å². The molecule has 1 aromatic carbocycles. The number of carbonyl (C=O) groups excluding carboxylic acids is 1. The first-order valence-corrected chi connectivity index (χ1v) is 11.1. The number of benzene rings is 1. The van der Waals surface area contributed by atoms with Crippen molar-refractivity contribution in [3.63, 3.8) is 0 Å². The van der Waals surface area contributed by atoms with Crippen LogP contribution in [0, 0.1) is 6.92 Å². The molecule has 1 aliphatic heterocycles. The molecule has 1 aliphatic rings. The Balaban J connectivity index is 1.28. The fourth-order valence-electron chi connectivity index (χ4n) is 3.84. The van der Waals surface area contributed by atoms with Gasteiger partial charge in [-0.2, -0.15) is 23.4 Å². The van der Waals surface area contributed by atoms with E-state index in [4.69, 9.17) is 4.74 Å². The van der Waals surface area contributed by atoms with Crippen LogP contribution in [0.5, 0.6) is 5.75 Å². The number of halogens is 3. The molecular weight excluding hydrogens is 449 g/mol. The summed E-state index contributed by atoms with van der Waals surface area (Å²) in [6.07, 6.45) is -0.794. The first-order valence-electron chi connectivity index (χ1n) is 11.1. The molecule has 0 bridgehead atoms. The molecule has 1 amide bonds. The normalized spacial score (nSPS) is 15.0. The van der Waals surface area contributed by atoms with E-state index in [1.807, 2.05) is 11.6 Å². The first-order chi connectivity index (χ1) is 16.2. The van der Waals surface area contributed by atoms with E-state index >= 15 is 0 Å². The second-order valence-electron chi connectivity index (χ2n) is 8.20. The van der Waals surface area contributed by atoms with E-state index in [9.17, 15) is 18.0 Å². The maximum Gasteiger partial charge on any atom is 0.416 e. The van der Waals surface area contributed by atoms with Gasteiger partial charge in [0.1, 0.15) is 5.75 Å². The molecule has 11 heteroatoms. The molecule has 1 saturated heterocycles. The van der Waals surface area contributed by atoms with Crippen molar-refractivity contribution in [3.8, 4) is 5.75 Å². The first kappa shape index (κ1) is 23.8. The Labute approximate surface area is 195 Å². The van der Waals surface area contributed by atoms with Gasteiger partial charge in [0.2, 0.25) is 0 Å². The van der Waals surface area contributed by atoms with Crippen LogP contribution >= 0.6 is 0 Å². The molecule has 3 heterocycles. The van der Waals surface area contributed by atoms with Crippen LogP contribution in [-0.4, -0.2) is 61.4 Å². The van der Waals surface area contributed by atoms with E-state index in [0.29, 0.717) is 13.1 Å². The minimum atomic E-state index is -4.44. The van der Waals surface area contributed by atoms with E-state index < -0.39 is 11.7 Å². The Kier molecular flexibility index (Phi) is 6.92. The third-order valence-corrected chi connectivity index (χ3v) is 5.81. The minimum absolute atomic E-state index is 0.0778. The fraction of sp³-hybridized carbons (Fsp3) is 0.435. The maximum atomic E-state index is 12.9. The molecule has 1 fully saturated rings. The summed E-state index contributed by atoms with van der Waals surface area (Å²) in [5, 5.41) is 8.72. The fourth-order valence-corrected chi connectivity index (χ4v) is 3.84. The Morgan fingerprint density at radius 1 is 1.09 bits per heavy atom. The molecule has 8 nitrogen and oxygen atoms in total. The molecule has 3 aromatic rings. The van der Waals surface area contributed by atoms with Crippen LogP contribution in [-0.2, 0) is 26.0 Å². The average molecular weight is 477 g/mol. The van der Waals surface area contributed by atoms with Gasteiger partial charge >= 0.3 is 6.18 Å². The lowest BCUT2D eigenvalue weighted by Crippen LogP contribution is -2.48. The van der Waals surface area contributed by atoms with Crippen molar-refractivity contribution in [1.29, 1.82) is 0 Å². The molecule has 4 rings (SSSR count). The Morgan fingerprint density at radius 2 is 1.85 bits per heavy atom. The second-order valence-corrected chi connectivity index (χ2v) is 8.20. The van der Waals surface area contributed by atoms with E-state index in [1.165, 1.54) is 22.4 Å². The lowest BCUT2D eigenvalue weighted by Gasteiger charge is -2.34. The molecule has 34 heavy (non-hydrogen) atoms. The van der Waals surface area contributed by atoms with Gasteiger partial charge in [0.25, 0.3) is 5.91 Å². The Bertz CT molecular complexity index is 1130. The predicted octanol–water partition coefficient (Wildman–Crippen LogP) is 3.42. The molecule has 0 radical (unpaired) electrons. The van der Waals surface area contributed by atoms with Gasteiger partial charge in [-0.05, 0) is 38.1 Å². The summed E-state index contributed by atoms with van der Waals surface area (Å²) in [4.78, 5) is 16.9. The zero-order valence-corrected chi connectivity index (χ0v) is 19.1. The zero-order valence-electron chi connectivity index (χ0n) is 19.1. The van der Waals surface area contributed by atoms with Crippen LogP contribution < -0.4 is 4.74 Å². The summed E-state index contributed by atoms with van der Waals surface area (Å²) in [6, 6.07) is 6.24. The van der Waals surface area contributed by atoms with E-state index in [-0.39, 0.29) is 24.1 Å². The minimum Gasteiger partial charge on any atom is -0.471 e. The van der Waals surface area contributed by atoms with Crippen molar-refractivity contribution < 1.29 is 22.7 Å². The van der Waals surface area contributed by atoms with E-state index in [0.717, 1.165) is 44.0 Å². The highest BCUT2D eigenvalue weighted by atomic mass is 19.4. The highest BCUT2D eigenvalue weighted by Gasteiger charge is 2.30. The van der Waals surface area contributed by atoms with Crippen molar-refractivity contribution in [3.05, 3.63) is 65.2 Å². The maximum absolute atomic E-state index is 12.9. The van der Waals surface area contributed by atoms with Crippen LogP contribution in [0.2, 0.25) is 0 Å². The smallest absolute Gasteiger partial charge is 0.416 e. The summed E-state index contributed by atoms with van der Waals surface area (Å²) in [5.74, 6) is -0.0958.